The number of hydrogen-bond acceptors (Lipinski definition) is 5. The van der Waals surface area contributed by atoms with E-state index in [1.807, 2.05) is 30.5 Å². The molecule has 0 spiro atoms. The molecule has 2 aromatic heterocycles. The Bertz CT molecular complexity index is 659. The van der Waals surface area contributed by atoms with E-state index in [0.717, 1.165) is 30.0 Å². The largest absolute Gasteiger partial charge is 0.444 e. The molecule has 102 valence electrons. The molecular formula is C15H15N3OS. The van der Waals surface area contributed by atoms with E-state index >= 15 is 0 Å². The van der Waals surface area contributed by atoms with Gasteiger partial charge in [-0.05, 0) is 30.7 Å². The summed E-state index contributed by atoms with van der Waals surface area (Å²) < 4.78 is 5.27. The summed E-state index contributed by atoms with van der Waals surface area (Å²) in [6.45, 7) is 2.93. The van der Waals surface area contributed by atoms with Gasteiger partial charge in [-0.2, -0.15) is 0 Å². The summed E-state index contributed by atoms with van der Waals surface area (Å²) in [5.74, 6) is 0.784. The first-order chi connectivity index (χ1) is 9.85. The third kappa shape index (κ3) is 2.88. The Morgan fingerprint density at radius 2 is 2.05 bits per heavy atom. The second-order valence-electron chi connectivity index (χ2n) is 4.37. The summed E-state index contributed by atoms with van der Waals surface area (Å²) in [7, 11) is 0. The van der Waals surface area contributed by atoms with Crippen molar-refractivity contribution < 1.29 is 4.42 Å². The van der Waals surface area contributed by atoms with Gasteiger partial charge in [0, 0.05) is 22.3 Å². The number of oxazole rings is 1. The Balaban J connectivity index is 1.63. The number of nitrogens with zero attached hydrogens (tertiary/aromatic N) is 2. The molecule has 20 heavy (non-hydrogen) atoms. The fraction of sp³-hybridized carbons (Fsp3) is 0.200. The first kappa shape index (κ1) is 12.9. The highest BCUT2D eigenvalue weighted by Crippen LogP contribution is 2.21. The minimum Gasteiger partial charge on any atom is -0.444 e. The van der Waals surface area contributed by atoms with Crippen LogP contribution in [-0.4, -0.2) is 9.97 Å². The predicted octanol–water partition coefficient (Wildman–Crippen LogP) is 3.97. The number of thiazole rings is 1. The van der Waals surface area contributed by atoms with Crippen molar-refractivity contribution in [2.75, 3.05) is 5.32 Å². The van der Waals surface area contributed by atoms with Crippen molar-refractivity contribution in [3.8, 4) is 11.3 Å². The van der Waals surface area contributed by atoms with Crippen LogP contribution in [0, 0.1) is 0 Å². The molecule has 4 nitrogen and oxygen atoms in total. The Morgan fingerprint density at radius 3 is 2.70 bits per heavy atom. The molecule has 0 saturated heterocycles. The van der Waals surface area contributed by atoms with Gasteiger partial charge in [-0.3, -0.25) is 0 Å². The molecule has 1 N–H and O–H groups in total. The van der Waals surface area contributed by atoms with E-state index in [1.165, 1.54) is 16.3 Å². The number of nitrogens with one attached hydrogen (secondary N) is 1. The van der Waals surface area contributed by atoms with Crippen molar-refractivity contribution in [1.29, 1.82) is 0 Å². The lowest BCUT2D eigenvalue weighted by atomic mass is 10.2. The molecule has 0 aliphatic rings. The van der Waals surface area contributed by atoms with E-state index in [4.69, 9.17) is 4.42 Å². The lowest BCUT2D eigenvalue weighted by Gasteiger charge is -2.05. The first-order valence-electron chi connectivity index (χ1n) is 6.51. The lowest BCUT2D eigenvalue weighted by molar-refractivity contribution is 0.572. The SMILES string of the molecule is CCc1ncc(CNc2ccc(-c3cnco3)cc2)s1. The van der Waals surface area contributed by atoms with Gasteiger partial charge in [0.2, 0.25) is 0 Å². The van der Waals surface area contributed by atoms with Crippen LogP contribution in [0.5, 0.6) is 0 Å². The Morgan fingerprint density at radius 1 is 1.20 bits per heavy atom. The van der Waals surface area contributed by atoms with Crippen LogP contribution >= 0.6 is 11.3 Å². The topological polar surface area (TPSA) is 51.0 Å². The van der Waals surface area contributed by atoms with Crippen LogP contribution in [0.2, 0.25) is 0 Å². The maximum absolute atomic E-state index is 5.27. The monoisotopic (exact) mass is 285 g/mol. The fourth-order valence-electron chi connectivity index (χ4n) is 1.89. The van der Waals surface area contributed by atoms with Crippen LogP contribution in [0.3, 0.4) is 0 Å². The van der Waals surface area contributed by atoms with Crippen LogP contribution in [0.15, 0.2) is 47.5 Å². The number of aromatic nitrogens is 2. The maximum atomic E-state index is 5.27. The molecule has 0 fully saturated rings. The summed E-state index contributed by atoms with van der Waals surface area (Å²) in [5, 5.41) is 4.58. The van der Waals surface area contributed by atoms with E-state index in [0.29, 0.717) is 0 Å². The van der Waals surface area contributed by atoms with E-state index in [9.17, 15) is 0 Å². The molecule has 3 rings (SSSR count). The van der Waals surface area contributed by atoms with Crippen molar-refractivity contribution >= 4 is 17.0 Å². The molecule has 5 heteroatoms. The molecular weight excluding hydrogens is 270 g/mol. The average Bonchev–Trinajstić information content (AvgIpc) is 3.17. The van der Waals surface area contributed by atoms with E-state index < -0.39 is 0 Å². The van der Waals surface area contributed by atoms with Gasteiger partial charge in [0.15, 0.2) is 12.2 Å². The summed E-state index contributed by atoms with van der Waals surface area (Å²) in [5.41, 5.74) is 2.11. The second-order valence-corrected chi connectivity index (χ2v) is 5.57. The van der Waals surface area contributed by atoms with E-state index in [2.05, 4.69) is 22.2 Å². The third-order valence-electron chi connectivity index (χ3n) is 2.97. The Hall–Kier alpha value is -2.14. The highest BCUT2D eigenvalue weighted by Gasteiger charge is 2.02. The highest BCUT2D eigenvalue weighted by atomic mass is 32.1. The van der Waals surface area contributed by atoms with Crippen LogP contribution in [-0.2, 0) is 13.0 Å². The van der Waals surface area contributed by atoms with Crippen LogP contribution in [0.4, 0.5) is 5.69 Å². The Kier molecular flexibility index (Phi) is 3.78. The van der Waals surface area contributed by atoms with Gasteiger partial charge < -0.3 is 9.73 Å². The summed E-state index contributed by atoms with van der Waals surface area (Å²) in [6.07, 6.45) is 6.10. The molecule has 1 aromatic carbocycles. The normalized spacial score (nSPS) is 10.7. The number of hydrogen-bond donors (Lipinski definition) is 1. The smallest absolute Gasteiger partial charge is 0.181 e. The molecule has 0 radical (unpaired) electrons. The van der Waals surface area contributed by atoms with E-state index in [-0.39, 0.29) is 0 Å². The summed E-state index contributed by atoms with van der Waals surface area (Å²) in [4.78, 5) is 9.52. The van der Waals surface area contributed by atoms with Crippen LogP contribution < -0.4 is 5.32 Å². The third-order valence-corrected chi connectivity index (χ3v) is 4.11. The zero-order chi connectivity index (χ0) is 13.8. The Labute approximate surface area is 121 Å². The molecule has 0 aliphatic carbocycles. The highest BCUT2D eigenvalue weighted by molar-refractivity contribution is 7.11. The fourth-order valence-corrected chi connectivity index (χ4v) is 2.70. The van der Waals surface area contributed by atoms with Gasteiger partial charge in [0.25, 0.3) is 0 Å². The molecule has 0 atom stereocenters. The van der Waals surface area contributed by atoms with E-state index in [1.54, 1.807) is 17.5 Å². The zero-order valence-electron chi connectivity index (χ0n) is 11.2. The predicted molar refractivity (Wildman–Crippen MR) is 80.8 cm³/mol. The van der Waals surface area contributed by atoms with Gasteiger partial charge >= 0.3 is 0 Å². The van der Waals surface area contributed by atoms with Gasteiger partial charge in [0.05, 0.1) is 17.7 Å². The van der Waals surface area contributed by atoms with Crippen LogP contribution in [0.25, 0.3) is 11.3 Å². The zero-order valence-corrected chi connectivity index (χ0v) is 12.0. The number of aryl methyl sites for hydroxylation is 1. The van der Waals surface area contributed by atoms with Crippen molar-refractivity contribution in [3.63, 3.8) is 0 Å². The second kappa shape index (κ2) is 5.88. The molecule has 0 unspecified atom stereocenters. The minimum absolute atomic E-state index is 0.784. The summed E-state index contributed by atoms with van der Waals surface area (Å²) >= 11 is 1.76. The molecule has 2 heterocycles. The molecule has 0 aliphatic heterocycles. The minimum atomic E-state index is 0.784. The van der Waals surface area contributed by atoms with Crippen molar-refractivity contribution in [2.45, 2.75) is 19.9 Å². The van der Waals surface area contributed by atoms with Gasteiger partial charge in [-0.1, -0.05) is 6.92 Å². The van der Waals surface area contributed by atoms with Crippen LogP contribution in [0.1, 0.15) is 16.8 Å². The average molecular weight is 285 g/mol. The maximum Gasteiger partial charge on any atom is 0.181 e. The van der Waals surface area contributed by atoms with Gasteiger partial charge in [0.1, 0.15) is 0 Å². The standard InChI is InChI=1S/C15H15N3OS/c1-2-15-18-8-13(20-15)7-17-12-5-3-11(4-6-12)14-9-16-10-19-14/h3-6,8-10,17H,2,7H2,1H3. The van der Waals surface area contributed by atoms with Crippen molar-refractivity contribution in [2.24, 2.45) is 0 Å². The number of benzene rings is 1. The number of rotatable bonds is 5. The van der Waals surface area contributed by atoms with Crippen molar-refractivity contribution in [3.05, 3.63) is 52.9 Å². The molecule has 3 aromatic rings. The van der Waals surface area contributed by atoms with Gasteiger partial charge in [-0.25, -0.2) is 9.97 Å². The first-order valence-corrected chi connectivity index (χ1v) is 7.33. The number of anilines is 1. The molecule has 0 amide bonds. The quantitative estimate of drug-likeness (QED) is 0.770. The molecule has 0 bridgehead atoms. The van der Waals surface area contributed by atoms with Gasteiger partial charge in [-0.15, -0.1) is 11.3 Å². The lowest BCUT2D eigenvalue weighted by Crippen LogP contribution is -1.96. The molecule has 0 saturated carbocycles. The van der Waals surface area contributed by atoms with Crippen molar-refractivity contribution in [1.82, 2.24) is 9.97 Å². The summed E-state index contributed by atoms with van der Waals surface area (Å²) in [6, 6.07) is 8.12.